The van der Waals surface area contributed by atoms with Crippen LogP contribution in [0.1, 0.15) is 83.5 Å². The van der Waals surface area contributed by atoms with Gasteiger partial charge in [0.1, 0.15) is 11.2 Å². The Morgan fingerprint density at radius 3 is 1.17 bits per heavy atom. The van der Waals surface area contributed by atoms with Crippen LogP contribution in [0.25, 0.3) is 76.5 Å². The van der Waals surface area contributed by atoms with E-state index in [-0.39, 0.29) is 0 Å². The first-order chi connectivity index (χ1) is 24.6. The number of rotatable bonds is 2. The molecule has 0 unspecified atom stereocenters. The molecule has 0 radical (unpaired) electrons. The third kappa shape index (κ3) is 4.29. The van der Waals surface area contributed by atoms with Gasteiger partial charge in [-0.3, -0.25) is 0 Å². The fourth-order valence-electron chi connectivity index (χ4n) is 9.95. The Hall–Kier alpha value is -4.88. The lowest BCUT2D eigenvalue weighted by molar-refractivity contribution is 0.669. The van der Waals surface area contributed by atoms with E-state index in [1.807, 2.05) is 0 Å². The molecular weight excluding hydrogens is 629 g/mol. The molecule has 1 heteroatoms. The summed E-state index contributed by atoms with van der Waals surface area (Å²) >= 11 is 0. The fraction of sp³-hybridized carbons (Fsp3) is 0.294. The van der Waals surface area contributed by atoms with Crippen molar-refractivity contribution in [2.24, 2.45) is 0 Å². The van der Waals surface area contributed by atoms with Gasteiger partial charge in [-0.1, -0.05) is 24.3 Å². The molecule has 8 aromatic rings. The number of hydrogen-bond acceptors (Lipinski definition) is 1. The molecule has 0 saturated carbocycles. The lowest BCUT2D eigenvalue weighted by atomic mass is 9.74. The molecule has 0 atom stereocenters. The molecular formula is C51H52O. The van der Waals surface area contributed by atoms with Gasteiger partial charge in [0.05, 0.1) is 0 Å². The van der Waals surface area contributed by atoms with Crippen LogP contribution in [-0.4, -0.2) is 0 Å². The van der Waals surface area contributed by atoms with Crippen LogP contribution in [0.4, 0.5) is 0 Å². The monoisotopic (exact) mass is 680 g/mol. The van der Waals surface area contributed by atoms with Crippen molar-refractivity contribution in [1.29, 1.82) is 0 Å². The molecule has 0 amide bonds. The Balaban J connectivity index is 1.71. The minimum atomic E-state index is 0.934. The van der Waals surface area contributed by atoms with Crippen LogP contribution in [0.2, 0.25) is 0 Å². The summed E-state index contributed by atoms with van der Waals surface area (Å²) in [5.41, 5.74) is 28.2. The Morgan fingerprint density at radius 1 is 0.288 bits per heavy atom. The molecule has 0 aliphatic heterocycles. The maximum absolute atomic E-state index is 6.36. The number of para-hydroxylation sites is 1. The lowest BCUT2D eigenvalue weighted by Crippen LogP contribution is -2.06. The van der Waals surface area contributed by atoms with E-state index in [0.717, 1.165) is 11.2 Å². The zero-order valence-corrected chi connectivity index (χ0v) is 33.9. The van der Waals surface area contributed by atoms with Crippen LogP contribution < -0.4 is 0 Å². The van der Waals surface area contributed by atoms with E-state index in [9.17, 15) is 0 Å². The molecule has 0 aliphatic carbocycles. The van der Waals surface area contributed by atoms with E-state index in [1.54, 1.807) is 0 Å². The lowest BCUT2D eigenvalue weighted by Gasteiger charge is -2.29. The number of furan rings is 1. The SMILES string of the molecule is Cc1c(C)c(C)c2c(C)c(-c3c4c(C)c(C)c(C)c(C)c4c(-c4ccc5oc6ccccc6c5c4)c4c(C)c(C)c(C)c(C)c34)c(C)c(C)c2c1C. The van der Waals surface area contributed by atoms with Gasteiger partial charge in [-0.25, -0.2) is 0 Å². The average Bonchev–Trinajstić information content (AvgIpc) is 3.51. The summed E-state index contributed by atoms with van der Waals surface area (Å²) in [6.07, 6.45) is 0. The summed E-state index contributed by atoms with van der Waals surface area (Å²) in [5, 5.41) is 10.8. The van der Waals surface area contributed by atoms with Gasteiger partial charge in [0, 0.05) is 10.8 Å². The summed E-state index contributed by atoms with van der Waals surface area (Å²) < 4.78 is 6.36. The van der Waals surface area contributed by atoms with E-state index < -0.39 is 0 Å². The molecule has 0 bridgehead atoms. The minimum Gasteiger partial charge on any atom is -0.456 e. The topological polar surface area (TPSA) is 13.1 Å². The Bertz CT molecular complexity index is 2840. The molecule has 8 rings (SSSR count). The van der Waals surface area contributed by atoms with Crippen molar-refractivity contribution in [1.82, 2.24) is 0 Å². The third-order valence-electron chi connectivity index (χ3n) is 14.0. The van der Waals surface area contributed by atoms with Crippen molar-refractivity contribution >= 4 is 54.3 Å². The highest BCUT2D eigenvalue weighted by atomic mass is 16.3. The molecule has 1 heterocycles. The standard InChI is InChI=1S/C51H52O/c1-23-24(2)30(8)44-37(15)45(36(14)35(13)43(44)29(23)7)51-48-33(11)27(5)25(3)31(9)46(48)50(47-32(10)26(4)28(6)34(12)49(47)51)38-20-21-42-40(22-38)39-18-16-17-19-41(39)52-42/h16-22H,1-15H3. The second-order valence-electron chi connectivity index (χ2n) is 16.1. The molecule has 0 aliphatic rings. The summed E-state index contributed by atoms with van der Waals surface area (Å²) in [5.74, 6) is 0. The molecule has 7 aromatic carbocycles. The Kier molecular flexibility index (Phi) is 7.61. The number of fused-ring (bicyclic) bond motifs is 6. The van der Waals surface area contributed by atoms with Crippen molar-refractivity contribution in [3.8, 4) is 22.3 Å². The van der Waals surface area contributed by atoms with Crippen LogP contribution >= 0.6 is 0 Å². The van der Waals surface area contributed by atoms with Gasteiger partial charge in [-0.2, -0.15) is 0 Å². The van der Waals surface area contributed by atoms with Crippen LogP contribution in [0.5, 0.6) is 0 Å². The molecule has 0 spiro atoms. The van der Waals surface area contributed by atoms with Gasteiger partial charge in [-0.05, 0) is 260 Å². The largest absolute Gasteiger partial charge is 0.456 e. The minimum absolute atomic E-state index is 0.934. The molecule has 52 heavy (non-hydrogen) atoms. The predicted octanol–water partition coefficient (Wildman–Crippen LogP) is 15.0. The van der Waals surface area contributed by atoms with Crippen molar-refractivity contribution < 1.29 is 4.42 Å². The molecule has 0 N–H and O–H groups in total. The number of aryl methyl sites for hydroxylation is 8. The summed E-state index contributed by atoms with van der Waals surface area (Å²) in [4.78, 5) is 0. The van der Waals surface area contributed by atoms with E-state index in [4.69, 9.17) is 4.42 Å². The van der Waals surface area contributed by atoms with Crippen molar-refractivity contribution in [2.75, 3.05) is 0 Å². The maximum atomic E-state index is 6.36. The van der Waals surface area contributed by atoms with Crippen LogP contribution in [-0.2, 0) is 0 Å². The van der Waals surface area contributed by atoms with E-state index in [1.165, 1.54) is 149 Å². The zero-order chi connectivity index (χ0) is 37.4. The Labute approximate surface area is 309 Å². The number of benzene rings is 7. The van der Waals surface area contributed by atoms with E-state index in [0.29, 0.717) is 0 Å². The molecule has 1 aromatic heterocycles. The first-order valence-electron chi connectivity index (χ1n) is 19.0. The quantitative estimate of drug-likeness (QED) is 0.166. The molecule has 0 saturated heterocycles. The first-order valence-corrected chi connectivity index (χ1v) is 19.0. The van der Waals surface area contributed by atoms with Gasteiger partial charge >= 0.3 is 0 Å². The average molecular weight is 681 g/mol. The van der Waals surface area contributed by atoms with Crippen molar-refractivity contribution in [3.63, 3.8) is 0 Å². The Morgan fingerprint density at radius 2 is 0.673 bits per heavy atom. The van der Waals surface area contributed by atoms with Crippen molar-refractivity contribution in [2.45, 2.75) is 104 Å². The van der Waals surface area contributed by atoms with E-state index >= 15 is 0 Å². The van der Waals surface area contributed by atoms with Gasteiger partial charge in [-0.15, -0.1) is 0 Å². The zero-order valence-electron chi connectivity index (χ0n) is 33.9. The summed E-state index contributed by atoms with van der Waals surface area (Å²) in [6.45, 7) is 35.2. The highest BCUT2D eigenvalue weighted by Crippen LogP contribution is 2.53. The number of hydrogen-bond donors (Lipinski definition) is 0. The summed E-state index contributed by atoms with van der Waals surface area (Å²) in [6, 6.07) is 15.3. The van der Waals surface area contributed by atoms with Gasteiger partial charge in [0.25, 0.3) is 0 Å². The first kappa shape index (κ1) is 34.2. The second kappa shape index (κ2) is 11.6. The van der Waals surface area contributed by atoms with Crippen molar-refractivity contribution in [3.05, 3.63) is 126 Å². The second-order valence-corrected chi connectivity index (χ2v) is 16.1. The normalized spacial score (nSPS) is 12.1. The molecule has 0 fully saturated rings. The van der Waals surface area contributed by atoms with Gasteiger partial charge < -0.3 is 4.42 Å². The maximum Gasteiger partial charge on any atom is 0.135 e. The van der Waals surface area contributed by atoms with Crippen LogP contribution in [0.15, 0.2) is 46.9 Å². The fourth-order valence-corrected chi connectivity index (χ4v) is 9.95. The van der Waals surface area contributed by atoms with Gasteiger partial charge in [0.15, 0.2) is 0 Å². The third-order valence-corrected chi connectivity index (χ3v) is 14.0. The van der Waals surface area contributed by atoms with Crippen LogP contribution in [0.3, 0.4) is 0 Å². The highest BCUT2D eigenvalue weighted by molar-refractivity contribution is 6.27. The summed E-state index contributed by atoms with van der Waals surface area (Å²) in [7, 11) is 0. The predicted molar refractivity (Wildman–Crippen MR) is 228 cm³/mol. The van der Waals surface area contributed by atoms with E-state index in [2.05, 4.69) is 146 Å². The molecule has 1 nitrogen and oxygen atoms in total. The van der Waals surface area contributed by atoms with Crippen LogP contribution in [0, 0.1) is 104 Å². The smallest absolute Gasteiger partial charge is 0.135 e. The molecule has 262 valence electrons. The van der Waals surface area contributed by atoms with Gasteiger partial charge in [0.2, 0.25) is 0 Å². The highest BCUT2D eigenvalue weighted by Gasteiger charge is 2.29.